The van der Waals surface area contributed by atoms with Crippen molar-refractivity contribution in [1.29, 1.82) is 0 Å². The Labute approximate surface area is 124 Å². The summed E-state index contributed by atoms with van der Waals surface area (Å²) >= 11 is 0. The molecule has 1 aromatic rings. The molecule has 0 radical (unpaired) electrons. The fourth-order valence-electron chi connectivity index (χ4n) is 1.69. The Balaban J connectivity index is 2.35. The van der Waals surface area contributed by atoms with Crippen LogP contribution in [0.25, 0.3) is 0 Å². The fourth-order valence-corrected chi connectivity index (χ4v) is 1.69. The normalized spacial score (nSPS) is 10.8. The van der Waals surface area contributed by atoms with E-state index >= 15 is 0 Å². The predicted molar refractivity (Wildman–Crippen MR) is 80.4 cm³/mol. The second-order valence-corrected chi connectivity index (χ2v) is 5.43. The highest BCUT2D eigenvalue weighted by Gasteiger charge is 2.11. The molecule has 0 aromatic heterocycles. The average molecular weight is 295 g/mol. The van der Waals surface area contributed by atoms with Gasteiger partial charge in [0, 0.05) is 12.2 Å². The zero-order valence-electron chi connectivity index (χ0n) is 12.6. The molecule has 0 spiro atoms. The second kappa shape index (κ2) is 8.36. The van der Waals surface area contributed by atoms with E-state index in [4.69, 9.17) is 0 Å². The van der Waals surface area contributed by atoms with Gasteiger partial charge in [-0.1, -0.05) is 19.9 Å². The summed E-state index contributed by atoms with van der Waals surface area (Å²) in [6.45, 7) is 4.84. The van der Waals surface area contributed by atoms with Gasteiger partial charge in [-0.3, -0.25) is 14.5 Å². The maximum absolute atomic E-state index is 13.0. The molecule has 0 aliphatic heterocycles. The number of nitrogens with zero attached hydrogens (tertiary/aromatic N) is 1. The molecule has 1 rings (SSSR count). The molecule has 0 unspecified atom stereocenters. The van der Waals surface area contributed by atoms with E-state index in [1.165, 1.54) is 18.2 Å². The van der Waals surface area contributed by atoms with Crippen LogP contribution in [0.5, 0.6) is 0 Å². The number of benzene rings is 1. The van der Waals surface area contributed by atoms with Gasteiger partial charge in [-0.15, -0.1) is 0 Å². The van der Waals surface area contributed by atoms with E-state index in [1.807, 2.05) is 13.8 Å². The molecule has 0 heterocycles. The van der Waals surface area contributed by atoms with Crippen LogP contribution in [0, 0.1) is 11.7 Å². The minimum atomic E-state index is -0.408. The number of carbonyl (C=O) groups excluding carboxylic acids is 2. The molecular weight excluding hydrogens is 273 g/mol. The zero-order valence-corrected chi connectivity index (χ0v) is 12.6. The van der Waals surface area contributed by atoms with Crippen LogP contribution in [0.15, 0.2) is 24.3 Å². The maximum atomic E-state index is 13.0. The van der Waals surface area contributed by atoms with Gasteiger partial charge in [0.15, 0.2) is 0 Å². The van der Waals surface area contributed by atoms with Crippen molar-refractivity contribution >= 4 is 17.5 Å². The van der Waals surface area contributed by atoms with Crippen LogP contribution >= 0.6 is 0 Å². The lowest BCUT2D eigenvalue weighted by Crippen LogP contribution is -2.39. The Morgan fingerprint density at radius 1 is 1.24 bits per heavy atom. The molecule has 2 N–H and O–H groups in total. The van der Waals surface area contributed by atoms with Crippen molar-refractivity contribution in [2.24, 2.45) is 5.92 Å². The molecular formula is C15H22FN3O2. The van der Waals surface area contributed by atoms with Gasteiger partial charge in [0.1, 0.15) is 5.82 Å². The molecule has 5 nitrogen and oxygen atoms in total. The Hall–Kier alpha value is -1.95. The number of hydrogen-bond donors (Lipinski definition) is 2. The molecule has 0 aliphatic rings. The highest BCUT2D eigenvalue weighted by Crippen LogP contribution is 2.08. The Morgan fingerprint density at radius 2 is 1.90 bits per heavy atom. The molecule has 2 amide bonds. The van der Waals surface area contributed by atoms with E-state index in [2.05, 4.69) is 10.6 Å². The van der Waals surface area contributed by atoms with Gasteiger partial charge >= 0.3 is 0 Å². The van der Waals surface area contributed by atoms with Crippen LogP contribution in [-0.4, -0.2) is 43.4 Å². The highest BCUT2D eigenvalue weighted by atomic mass is 19.1. The van der Waals surface area contributed by atoms with Gasteiger partial charge in [-0.05, 0) is 31.2 Å². The molecule has 116 valence electrons. The number of anilines is 1. The summed E-state index contributed by atoms with van der Waals surface area (Å²) in [6, 6.07) is 5.68. The number of nitrogens with one attached hydrogen (secondary N) is 2. The standard InChI is InChI=1S/C15H22FN3O2/c1-11(2)8-17-14(20)9-19(3)10-15(21)18-13-6-4-5-12(16)7-13/h4-7,11H,8-10H2,1-3H3,(H,17,20)(H,18,21). The van der Waals surface area contributed by atoms with E-state index in [-0.39, 0.29) is 24.9 Å². The summed E-state index contributed by atoms with van der Waals surface area (Å²) in [7, 11) is 1.68. The van der Waals surface area contributed by atoms with Crippen molar-refractivity contribution in [3.63, 3.8) is 0 Å². The maximum Gasteiger partial charge on any atom is 0.238 e. The third-order valence-corrected chi connectivity index (χ3v) is 2.64. The first-order chi connectivity index (χ1) is 9.86. The zero-order chi connectivity index (χ0) is 15.8. The monoisotopic (exact) mass is 295 g/mol. The van der Waals surface area contributed by atoms with Crippen LogP contribution in [-0.2, 0) is 9.59 Å². The van der Waals surface area contributed by atoms with Crippen LogP contribution < -0.4 is 10.6 Å². The van der Waals surface area contributed by atoms with E-state index in [9.17, 15) is 14.0 Å². The molecule has 0 atom stereocenters. The molecule has 1 aromatic carbocycles. The summed E-state index contributed by atoms with van der Waals surface area (Å²) in [4.78, 5) is 25.0. The molecule has 6 heteroatoms. The van der Waals surface area contributed by atoms with Gasteiger partial charge in [0.25, 0.3) is 0 Å². The average Bonchev–Trinajstić information content (AvgIpc) is 2.35. The van der Waals surface area contributed by atoms with Crippen LogP contribution in [0.1, 0.15) is 13.8 Å². The Kier molecular flexibility index (Phi) is 6.81. The second-order valence-electron chi connectivity index (χ2n) is 5.43. The van der Waals surface area contributed by atoms with E-state index in [1.54, 1.807) is 18.0 Å². The summed E-state index contributed by atoms with van der Waals surface area (Å²) in [5.74, 6) is -0.436. The summed E-state index contributed by atoms with van der Waals surface area (Å²) < 4.78 is 13.0. The Morgan fingerprint density at radius 3 is 2.52 bits per heavy atom. The molecule has 0 saturated carbocycles. The molecule has 0 fully saturated rings. The SMILES string of the molecule is CC(C)CNC(=O)CN(C)CC(=O)Nc1cccc(F)c1. The quantitative estimate of drug-likeness (QED) is 0.801. The minimum Gasteiger partial charge on any atom is -0.355 e. The predicted octanol–water partition coefficient (Wildman–Crippen LogP) is 1.47. The molecule has 0 saturated heterocycles. The van der Waals surface area contributed by atoms with Gasteiger partial charge in [0.05, 0.1) is 13.1 Å². The van der Waals surface area contributed by atoms with Crippen molar-refractivity contribution in [3.8, 4) is 0 Å². The first kappa shape index (κ1) is 17.1. The Bertz CT molecular complexity index is 492. The number of halogens is 1. The highest BCUT2D eigenvalue weighted by molar-refractivity contribution is 5.92. The number of rotatable bonds is 7. The minimum absolute atomic E-state index is 0.0611. The third-order valence-electron chi connectivity index (χ3n) is 2.64. The largest absolute Gasteiger partial charge is 0.355 e. The van der Waals surface area contributed by atoms with Crippen molar-refractivity contribution in [1.82, 2.24) is 10.2 Å². The molecule has 0 aliphatic carbocycles. The number of hydrogen-bond acceptors (Lipinski definition) is 3. The molecule has 21 heavy (non-hydrogen) atoms. The van der Waals surface area contributed by atoms with Crippen molar-refractivity contribution < 1.29 is 14.0 Å². The first-order valence-electron chi connectivity index (χ1n) is 6.87. The smallest absolute Gasteiger partial charge is 0.238 e. The van der Waals surface area contributed by atoms with Gasteiger partial charge in [0.2, 0.25) is 11.8 Å². The van der Waals surface area contributed by atoms with E-state index in [0.717, 1.165) is 0 Å². The summed E-state index contributed by atoms with van der Waals surface area (Å²) in [6.07, 6.45) is 0. The first-order valence-corrected chi connectivity index (χ1v) is 6.87. The molecule has 0 bridgehead atoms. The van der Waals surface area contributed by atoms with Crippen molar-refractivity contribution in [2.45, 2.75) is 13.8 Å². The van der Waals surface area contributed by atoms with Gasteiger partial charge in [-0.2, -0.15) is 0 Å². The van der Waals surface area contributed by atoms with E-state index < -0.39 is 5.82 Å². The summed E-state index contributed by atoms with van der Waals surface area (Å²) in [5.41, 5.74) is 0.401. The van der Waals surface area contributed by atoms with Crippen molar-refractivity contribution in [2.75, 3.05) is 32.0 Å². The number of carbonyl (C=O) groups is 2. The van der Waals surface area contributed by atoms with Gasteiger partial charge < -0.3 is 10.6 Å². The fraction of sp³-hybridized carbons (Fsp3) is 0.467. The lowest BCUT2D eigenvalue weighted by molar-refractivity contribution is -0.123. The van der Waals surface area contributed by atoms with Crippen LogP contribution in [0.4, 0.5) is 10.1 Å². The van der Waals surface area contributed by atoms with Crippen LogP contribution in [0.2, 0.25) is 0 Å². The number of likely N-dealkylation sites (N-methyl/N-ethyl adjacent to an activating group) is 1. The van der Waals surface area contributed by atoms with E-state index in [0.29, 0.717) is 18.2 Å². The van der Waals surface area contributed by atoms with Gasteiger partial charge in [-0.25, -0.2) is 4.39 Å². The topological polar surface area (TPSA) is 61.4 Å². The summed E-state index contributed by atoms with van der Waals surface area (Å²) in [5, 5.41) is 5.37. The third kappa shape index (κ3) is 7.41. The lowest BCUT2D eigenvalue weighted by Gasteiger charge is -2.16. The lowest BCUT2D eigenvalue weighted by atomic mass is 10.2. The van der Waals surface area contributed by atoms with Crippen molar-refractivity contribution in [3.05, 3.63) is 30.1 Å². The number of amides is 2. The van der Waals surface area contributed by atoms with Crippen LogP contribution in [0.3, 0.4) is 0 Å².